The summed E-state index contributed by atoms with van der Waals surface area (Å²) in [7, 11) is 0. The summed E-state index contributed by atoms with van der Waals surface area (Å²) >= 11 is 5.75. The van der Waals surface area contributed by atoms with Gasteiger partial charge in [0.05, 0.1) is 11.3 Å². The summed E-state index contributed by atoms with van der Waals surface area (Å²) in [5.74, 6) is -0.449. The van der Waals surface area contributed by atoms with Crippen LogP contribution in [0.5, 0.6) is 0 Å². The zero-order valence-electron chi connectivity index (χ0n) is 12.2. The first-order valence-electron chi connectivity index (χ1n) is 7.43. The van der Waals surface area contributed by atoms with E-state index in [1.54, 1.807) is 31.2 Å². The van der Waals surface area contributed by atoms with Gasteiger partial charge in [0.2, 0.25) is 5.91 Å². The molecule has 114 valence electrons. The Hall–Kier alpha value is -1.55. The van der Waals surface area contributed by atoms with E-state index in [-0.39, 0.29) is 17.9 Å². The molecule has 1 saturated carbocycles. The van der Waals surface area contributed by atoms with E-state index >= 15 is 0 Å². The molecular formula is C16H21ClN2O2. The maximum absolute atomic E-state index is 12.4. The fourth-order valence-corrected chi connectivity index (χ4v) is 2.59. The van der Waals surface area contributed by atoms with Crippen LogP contribution in [0.3, 0.4) is 0 Å². The van der Waals surface area contributed by atoms with E-state index in [0.717, 1.165) is 25.7 Å². The molecule has 1 aromatic carbocycles. The summed E-state index contributed by atoms with van der Waals surface area (Å²) < 4.78 is 0. The third-order valence-corrected chi connectivity index (χ3v) is 3.93. The first-order valence-corrected chi connectivity index (χ1v) is 7.86. The molecule has 1 aromatic rings. The van der Waals surface area contributed by atoms with Gasteiger partial charge >= 0.3 is 0 Å². The Morgan fingerprint density at radius 1 is 1.19 bits per heavy atom. The molecule has 1 aliphatic carbocycles. The van der Waals surface area contributed by atoms with Crippen LogP contribution >= 0.6 is 11.6 Å². The molecule has 0 heterocycles. The fraction of sp³-hybridized carbons (Fsp3) is 0.500. The number of alkyl halides is 1. The first-order chi connectivity index (χ1) is 10.1. The van der Waals surface area contributed by atoms with E-state index in [2.05, 4.69) is 10.6 Å². The van der Waals surface area contributed by atoms with Crippen molar-refractivity contribution in [3.05, 3.63) is 29.8 Å². The van der Waals surface area contributed by atoms with Crippen LogP contribution in [0.4, 0.5) is 5.69 Å². The minimum Gasteiger partial charge on any atom is -0.349 e. The standard InChI is InChI=1S/C16H21ClN2O2/c1-11(17)15(20)19-14-10-6-5-9-13(14)16(21)18-12-7-3-2-4-8-12/h5-6,9-12H,2-4,7-8H2,1H3,(H,18,21)(H,19,20)/t11-/m0/s1. The van der Waals surface area contributed by atoms with Crippen LogP contribution in [-0.4, -0.2) is 23.2 Å². The smallest absolute Gasteiger partial charge is 0.253 e. The number of anilines is 1. The lowest BCUT2D eigenvalue weighted by Gasteiger charge is -2.23. The number of amides is 2. The molecule has 0 radical (unpaired) electrons. The lowest BCUT2D eigenvalue weighted by atomic mass is 9.95. The van der Waals surface area contributed by atoms with Gasteiger partial charge in [-0.2, -0.15) is 0 Å². The number of hydrogen-bond donors (Lipinski definition) is 2. The monoisotopic (exact) mass is 308 g/mol. The average Bonchev–Trinajstić information content (AvgIpc) is 2.48. The SMILES string of the molecule is C[C@H](Cl)C(=O)Nc1ccccc1C(=O)NC1CCCCC1. The highest BCUT2D eigenvalue weighted by Gasteiger charge is 2.19. The molecule has 2 amide bonds. The number of rotatable bonds is 4. The lowest BCUT2D eigenvalue weighted by molar-refractivity contribution is -0.115. The van der Waals surface area contributed by atoms with Gasteiger partial charge < -0.3 is 10.6 Å². The predicted octanol–water partition coefficient (Wildman–Crippen LogP) is 3.31. The highest BCUT2D eigenvalue weighted by molar-refractivity contribution is 6.32. The highest BCUT2D eigenvalue weighted by Crippen LogP contribution is 2.20. The predicted molar refractivity (Wildman–Crippen MR) is 84.7 cm³/mol. The molecule has 4 nitrogen and oxygen atoms in total. The van der Waals surface area contributed by atoms with E-state index in [0.29, 0.717) is 11.3 Å². The number of benzene rings is 1. The average molecular weight is 309 g/mol. The van der Waals surface area contributed by atoms with Crippen LogP contribution in [0.25, 0.3) is 0 Å². The molecule has 0 unspecified atom stereocenters. The second-order valence-electron chi connectivity index (χ2n) is 5.46. The van der Waals surface area contributed by atoms with Crippen LogP contribution in [0.15, 0.2) is 24.3 Å². The third-order valence-electron chi connectivity index (χ3n) is 3.73. The van der Waals surface area contributed by atoms with Crippen molar-refractivity contribution in [1.82, 2.24) is 5.32 Å². The van der Waals surface area contributed by atoms with E-state index in [9.17, 15) is 9.59 Å². The first kappa shape index (κ1) is 15.8. The molecule has 0 aliphatic heterocycles. The van der Waals surface area contributed by atoms with E-state index in [1.165, 1.54) is 6.42 Å². The zero-order chi connectivity index (χ0) is 15.2. The van der Waals surface area contributed by atoms with Crippen molar-refractivity contribution >= 4 is 29.1 Å². The Balaban J connectivity index is 2.07. The molecule has 1 aliphatic rings. The second-order valence-corrected chi connectivity index (χ2v) is 6.11. The van der Waals surface area contributed by atoms with Gasteiger partial charge in [-0.1, -0.05) is 31.4 Å². The molecular weight excluding hydrogens is 288 g/mol. The fourth-order valence-electron chi connectivity index (χ4n) is 2.53. The molecule has 0 saturated heterocycles. The maximum Gasteiger partial charge on any atom is 0.253 e. The Kier molecular flexibility index (Phi) is 5.62. The molecule has 1 fully saturated rings. The van der Waals surface area contributed by atoms with Crippen molar-refractivity contribution in [3.8, 4) is 0 Å². The van der Waals surface area contributed by atoms with Crippen molar-refractivity contribution in [2.45, 2.75) is 50.4 Å². The quantitative estimate of drug-likeness (QED) is 0.838. The van der Waals surface area contributed by atoms with E-state index < -0.39 is 5.38 Å². The largest absolute Gasteiger partial charge is 0.349 e. The Bertz CT molecular complexity index is 511. The normalized spacial score (nSPS) is 17.0. The van der Waals surface area contributed by atoms with Gasteiger partial charge in [0, 0.05) is 6.04 Å². The Labute approximate surface area is 130 Å². The van der Waals surface area contributed by atoms with Crippen LogP contribution in [-0.2, 0) is 4.79 Å². The van der Waals surface area contributed by atoms with Crippen molar-refractivity contribution < 1.29 is 9.59 Å². The summed E-state index contributed by atoms with van der Waals surface area (Å²) in [5.41, 5.74) is 0.983. The molecule has 0 aromatic heterocycles. The number of para-hydroxylation sites is 1. The van der Waals surface area contributed by atoms with Crippen molar-refractivity contribution in [2.75, 3.05) is 5.32 Å². The molecule has 0 bridgehead atoms. The lowest BCUT2D eigenvalue weighted by Crippen LogP contribution is -2.36. The molecule has 2 rings (SSSR count). The van der Waals surface area contributed by atoms with E-state index in [1.807, 2.05) is 0 Å². The van der Waals surface area contributed by atoms with Crippen molar-refractivity contribution in [2.24, 2.45) is 0 Å². The number of hydrogen-bond acceptors (Lipinski definition) is 2. The molecule has 5 heteroatoms. The van der Waals surface area contributed by atoms with E-state index in [4.69, 9.17) is 11.6 Å². The maximum atomic E-state index is 12.4. The summed E-state index contributed by atoms with van der Waals surface area (Å²) in [6.07, 6.45) is 5.62. The minimum atomic E-state index is -0.639. The van der Waals surface area contributed by atoms with Gasteiger partial charge in [-0.25, -0.2) is 0 Å². The van der Waals surface area contributed by atoms with Gasteiger partial charge in [-0.15, -0.1) is 11.6 Å². The van der Waals surface area contributed by atoms with Crippen LogP contribution in [0.1, 0.15) is 49.4 Å². The van der Waals surface area contributed by atoms with Gasteiger partial charge in [-0.3, -0.25) is 9.59 Å². The summed E-state index contributed by atoms with van der Waals surface area (Å²) in [5, 5.41) is 5.11. The Morgan fingerprint density at radius 3 is 2.52 bits per heavy atom. The van der Waals surface area contributed by atoms with Crippen LogP contribution < -0.4 is 10.6 Å². The van der Waals surface area contributed by atoms with Gasteiger partial charge in [-0.05, 0) is 31.9 Å². The summed E-state index contributed by atoms with van der Waals surface area (Å²) in [6, 6.07) is 7.24. The molecule has 21 heavy (non-hydrogen) atoms. The van der Waals surface area contributed by atoms with Crippen LogP contribution in [0.2, 0.25) is 0 Å². The van der Waals surface area contributed by atoms with Crippen LogP contribution in [0, 0.1) is 0 Å². The third kappa shape index (κ3) is 4.46. The topological polar surface area (TPSA) is 58.2 Å². The number of nitrogens with one attached hydrogen (secondary N) is 2. The second kappa shape index (κ2) is 7.46. The molecule has 2 N–H and O–H groups in total. The summed E-state index contributed by atoms with van der Waals surface area (Å²) in [4.78, 5) is 24.1. The van der Waals surface area contributed by atoms with Gasteiger partial charge in [0.15, 0.2) is 0 Å². The van der Waals surface area contributed by atoms with Gasteiger partial charge in [0.25, 0.3) is 5.91 Å². The van der Waals surface area contributed by atoms with Crippen molar-refractivity contribution in [3.63, 3.8) is 0 Å². The summed E-state index contributed by atoms with van der Waals surface area (Å²) in [6.45, 7) is 1.60. The van der Waals surface area contributed by atoms with Gasteiger partial charge in [0.1, 0.15) is 5.38 Å². The number of carbonyl (C=O) groups excluding carboxylic acids is 2. The Morgan fingerprint density at radius 2 is 1.86 bits per heavy atom. The molecule has 1 atom stereocenters. The van der Waals surface area contributed by atoms with Crippen molar-refractivity contribution in [1.29, 1.82) is 0 Å². The molecule has 0 spiro atoms. The highest BCUT2D eigenvalue weighted by atomic mass is 35.5. The zero-order valence-corrected chi connectivity index (χ0v) is 13.0. The number of carbonyl (C=O) groups is 2. The minimum absolute atomic E-state index is 0.139. The number of halogens is 1.